The largest absolute Gasteiger partial charge is 0.382 e. The number of nitrogens with two attached hydrogens (primary N) is 1. The number of hydrogen-bond acceptors (Lipinski definition) is 5. The van der Waals surface area contributed by atoms with Crippen molar-refractivity contribution >= 4 is 17.2 Å². The standard InChI is InChI=1S/C10H6F2N6/c11-6-2-8(7(12)1-5(6)3-13)17-18-9(4-14)10(15)16/h1-2,17H,(H3,15,16)/b18-9+. The average molecular weight is 248 g/mol. The van der Waals surface area contributed by atoms with Crippen molar-refractivity contribution in [3.8, 4) is 12.1 Å². The lowest BCUT2D eigenvalue weighted by molar-refractivity contribution is 0.599. The Morgan fingerprint density at radius 3 is 2.50 bits per heavy atom. The number of hydrazone groups is 1. The van der Waals surface area contributed by atoms with Crippen LogP contribution >= 0.6 is 0 Å². The number of benzene rings is 1. The quantitative estimate of drug-likeness (QED) is 0.420. The molecule has 18 heavy (non-hydrogen) atoms. The highest BCUT2D eigenvalue weighted by Gasteiger charge is 2.10. The fourth-order valence-corrected chi connectivity index (χ4v) is 0.980. The average Bonchev–Trinajstić information content (AvgIpc) is 2.33. The summed E-state index contributed by atoms with van der Waals surface area (Å²) in [6, 6.07) is 4.37. The number of nitriles is 2. The van der Waals surface area contributed by atoms with Crippen molar-refractivity contribution < 1.29 is 8.78 Å². The lowest BCUT2D eigenvalue weighted by atomic mass is 10.2. The number of halogens is 2. The summed E-state index contributed by atoms with van der Waals surface area (Å²) in [5, 5.41) is 27.3. The molecule has 0 bridgehead atoms. The molecule has 0 saturated heterocycles. The van der Waals surface area contributed by atoms with Gasteiger partial charge < -0.3 is 5.73 Å². The number of hydrogen-bond donors (Lipinski definition) is 3. The maximum absolute atomic E-state index is 13.4. The van der Waals surface area contributed by atoms with E-state index in [0.717, 1.165) is 0 Å². The van der Waals surface area contributed by atoms with E-state index in [1.165, 1.54) is 12.1 Å². The van der Waals surface area contributed by atoms with Crippen LogP contribution in [-0.2, 0) is 0 Å². The summed E-state index contributed by atoms with van der Waals surface area (Å²) in [6.45, 7) is 0. The topological polar surface area (TPSA) is 122 Å². The third-order valence-corrected chi connectivity index (χ3v) is 1.83. The van der Waals surface area contributed by atoms with Gasteiger partial charge in [-0.15, -0.1) is 0 Å². The van der Waals surface area contributed by atoms with Crippen LogP contribution < -0.4 is 11.2 Å². The van der Waals surface area contributed by atoms with E-state index in [1.807, 2.05) is 0 Å². The van der Waals surface area contributed by atoms with Gasteiger partial charge >= 0.3 is 0 Å². The Hall–Kier alpha value is -3.00. The van der Waals surface area contributed by atoms with Crippen molar-refractivity contribution in [3.63, 3.8) is 0 Å². The molecule has 6 nitrogen and oxygen atoms in total. The second kappa shape index (κ2) is 5.37. The van der Waals surface area contributed by atoms with Gasteiger partial charge in [-0.25, -0.2) is 8.78 Å². The fraction of sp³-hybridized carbons (Fsp3) is 0. The predicted molar refractivity (Wildman–Crippen MR) is 59.7 cm³/mol. The summed E-state index contributed by atoms with van der Waals surface area (Å²) in [4.78, 5) is 0. The van der Waals surface area contributed by atoms with Crippen LogP contribution in [0.2, 0.25) is 0 Å². The van der Waals surface area contributed by atoms with Crippen LogP contribution in [0.25, 0.3) is 0 Å². The van der Waals surface area contributed by atoms with E-state index in [2.05, 4.69) is 10.5 Å². The van der Waals surface area contributed by atoms with Gasteiger partial charge in [0, 0.05) is 6.07 Å². The Balaban J connectivity index is 3.08. The number of rotatable bonds is 3. The van der Waals surface area contributed by atoms with Gasteiger partial charge in [-0.2, -0.15) is 15.6 Å². The van der Waals surface area contributed by atoms with E-state index in [-0.39, 0.29) is 5.69 Å². The second-order valence-electron chi connectivity index (χ2n) is 3.02. The Morgan fingerprint density at radius 1 is 1.33 bits per heavy atom. The minimum absolute atomic E-state index is 0.375. The van der Waals surface area contributed by atoms with Crippen LogP contribution in [0.1, 0.15) is 5.56 Å². The summed E-state index contributed by atoms with van der Waals surface area (Å²) in [7, 11) is 0. The summed E-state index contributed by atoms with van der Waals surface area (Å²) in [5.74, 6) is -2.46. The molecular formula is C10H6F2N6. The number of nitrogens with one attached hydrogen (secondary N) is 2. The van der Waals surface area contributed by atoms with Crippen molar-refractivity contribution in [2.45, 2.75) is 0 Å². The first-order chi connectivity index (χ1) is 8.49. The van der Waals surface area contributed by atoms with E-state index < -0.39 is 28.7 Å². The molecule has 0 spiro atoms. The number of amidine groups is 1. The molecule has 0 fully saturated rings. The summed E-state index contributed by atoms with van der Waals surface area (Å²) >= 11 is 0. The van der Waals surface area contributed by atoms with Gasteiger partial charge in [0.1, 0.15) is 23.8 Å². The van der Waals surface area contributed by atoms with Crippen LogP contribution in [0.5, 0.6) is 0 Å². The van der Waals surface area contributed by atoms with E-state index in [9.17, 15) is 8.78 Å². The van der Waals surface area contributed by atoms with Gasteiger partial charge in [0.15, 0.2) is 5.84 Å². The highest BCUT2D eigenvalue weighted by Crippen LogP contribution is 2.18. The molecule has 0 unspecified atom stereocenters. The van der Waals surface area contributed by atoms with Crippen molar-refractivity contribution in [2.75, 3.05) is 5.43 Å². The molecule has 0 aromatic heterocycles. The van der Waals surface area contributed by atoms with Crippen LogP contribution in [-0.4, -0.2) is 11.5 Å². The van der Waals surface area contributed by atoms with E-state index >= 15 is 0 Å². The maximum atomic E-state index is 13.4. The number of nitrogens with zero attached hydrogens (tertiary/aromatic N) is 3. The van der Waals surface area contributed by atoms with Gasteiger partial charge in [0.2, 0.25) is 5.71 Å². The third kappa shape index (κ3) is 2.77. The van der Waals surface area contributed by atoms with E-state index in [4.69, 9.17) is 21.7 Å². The normalized spacial score (nSPS) is 10.3. The molecular weight excluding hydrogens is 242 g/mol. The zero-order valence-corrected chi connectivity index (χ0v) is 8.83. The maximum Gasteiger partial charge on any atom is 0.201 e. The van der Waals surface area contributed by atoms with E-state index in [1.54, 1.807) is 0 Å². The molecule has 0 aliphatic rings. The molecule has 0 atom stereocenters. The molecule has 8 heteroatoms. The monoisotopic (exact) mass is 248 g/mol. The smallest absolute Gasteiger partial charge is 0.201 e. The predicted octanol–water partition coefficient (Wildman–Crippen LogP) is 1.06. The van der Waals surface area contributed by atoms with Crippen molar-refractivity contribution in [3.05, 3.63) is 29.3 Å². The Labute approximate surface area is 100 Å². The zero-order valence-electron chi connectivity index (χ0n) is 8.83. The highest BCUT2D eigenvalue weighted by atomic mass is 19.1. The van der Waals surface area contributed by atoms with Gasteiger partial charge in [-0.3, -0.25) is 10.8 Å². The molecule has 1 rings (SSSR count). The Bertz CT molecular complexity index is 608. The SMILES string of the molecule is N#C/C(=N\Nc1cc(F)c(C#N)cc1F)C(=N)N. The first kappa shape index (κ1) is 13.1. The summed E-state index contributed by atoms with van der Waals surface area (Å²) in [6.07, 6.45) is 0. The van der Waals surface area contributed by atoms with E-state index in [0.29, 0.717) is 12.1 Å². The minimum Gasteiger partial charge on any atom is -0.382 e. The van der Waals surface area contributed by atoms with Gasteiger partial charge in [0.25, 0.3) is 0 Å². The van der Waals surface area contributed by atoms with Gasteiger partial charge in [-0.05, 0) is 6.07 Å². The Kier molecular flexibility index (Phi) is 3.89. The molecule has 4 N–H and O–H groups in total. The molecule has 0 radical (unpaired) electrons. The lowest BCUT2D eigenvalue weighted by Gasteiger charge is -2.04. The molecule has 0 amide bonds. The number of anilines is 1. The molecule has 0 aliphatic carbocycles. The molecule has 0 aliphatic heterocycles. The lowest BCUT2D eigenvalue weighted by Crippen LogP contribution is -2.22. The van der Waals surface area contributed by atoms with Crippen LogP contribution in [0, 0.1) is 39.7 Å². The van der Waals surface area contributed by atoms with Crippen LogP contribution in [0.4, 0.5) is 14.5 Å². The first-order valence-corrected chi connectivity index (χ1v) is 4.47. The van der Waals surface area contributed by atoms with Crippen molar-refractivity contribution in [1.29, 1.82) is 15.9 Å². The van der Waals surface area contributed by atoms with Crippen LogP contribution in [0.15, 0.2) is 17.2 Å². The second-order valence-corrected chi connectivity index (χ2v) is 3.02. The van der Waals surface area contributed by atoms with Crippen molar-refractivity contribution in [2.24, 2.45) is 10.8 Å². The van der Waals surface area contributed by atoms with Gasteiger partial charge in [-0.1, -0.05) is 0 Å². The highest BCUT2D eigenvalue weighted by molar-refractivity contribution is 6.45. The Morgan fingerprint density at radius 2 is 2.00 bits per heavy atom. The van der Waals surface area contributed by atoms with Crippen molar-refractivity contribution in [1.82, 2.24) is 0 Å². The summed E-state index contributed by atoms with van der Waals surface area (Å²) < 4.78 is 26.5. The summed E-state index contributed by atoms with van der Waals surface area (Å²) in [5.41, 5.74) is 5.76. The van der Waals surface area contributed by atoms with Crippen LogP contribution in [0.3, 0.4) is 0 Å². The first-order valence-electron chi connectivity index (χ1n) is 4.47. The molecule has 90 valence electrons. The third-order valence-electron chi connectivity index (χ3n) is 1.83. The minimum atomic E-state index is -0.932. The van der Waals surface area contributed by atoms with Gasteiger partial charge in [0.05, 0.1) is 11.3 Å². The molecule has 1 aromatic carbocycles. The fourth-order valence-electron chi connectivity index (χ4n) is 0.980. The molecule has 0 heterocycles. The molecule has 1 aromatic rings. The molecule has 0 saturated carbocycles. The zero-order chi connectivity index (χ0) is 13.7.